The molecule has 3 heterocycles. The van der Waals surface area contributed by atoms with Gasteiger partial charge in [-0.15, -0.1) is 0 Å². The molecule has 0 saturated carbocycles. The van der Waals surface area contributed by atoms with E-state index in [0.717, 1.165) is 61.0 Å². The van der Waals surface area contributed by atoms with Crippen LogP contribution >= 0.6 is 0 Å². The van der Waals surface area contributed by atoms with Crippen molar-refractivity contribution in [1.29, 1.82) is 0 Å². The van der Waals surface area contributed by atoms with E-state index in [9.17, 15) is 19.8 Å². The Kier molecular flexibility index (Phi) is 4.65. The monoisotopic (exact) mass is 454 g/mol. The lowest BCUT2D eigenvalue weighted by atomic mass is 9.89. The molecule has 4 aliphatic rings. The van der Waals surface area contributed by atoms with Gasteiger partial charge in [-0.1, -0.05) is 6.07 Å². The highest BCUT2D eigenvalue weighted by Gasteiger charge is 2.25. The van der Waals surface area contributed by atoms with E-state index < -0.39 is 11.9 Å². The third-order valence-electron chi connectivity index (χ3n) is 6.89. The van der Waals surface area contributed by atoms with Crippen molar-refractivity contribution >= 4 is 28.6 Å². The third-order valence-corrected chi connectivity index (χ3v) is 6.89. The maximum absolute atomic E-state index is 12.1. The first-order valence-corrected chi connectivity index (χ1v) is 11.4. The fourth-order valence-electron chi connectivity index (χ4n) is 4.76. The Morgan fingerprint density at radius 2 is 1.76 bits per heavy atom. The normalized spacial score (nSPS) is 15.3. The van der Waals surface area contributed by atoms with E-state index in [1.54, 1.807) is 0 Å². The Balaban J connectivity index is 1.70. The highest BCUT2D eigenvalue weighted by molar-refractivity contribution is 6.09. The van der Waals surface area contributed by atoms with Gasteiger partial charge in [0.15, 0.2) is 0 Å². The summed E-state index contributed by atoms with van der Waals surface area (Å²) in [4.78, 5) is 26.0. The zero-order valence-corrected chi connectivity index (χ0v) is 18.4. The highest BCUT2D eigenvalue weighted by atomic mass is 16.4. The van der Waals surface area contributed by atoms with Gasteiger partial charge in [0.05, 0.1) is 24.0 Å². The van der Waals surface area contributed by atoms with Crippen LogP contribution in [-0.4, -0.2) is 43.2 Å². The van der Waals surface area contributed by atoms with Crippen molar-refractivity contribution in [3.63, 3.8) is 0 Å². The molecular weight excluding hydrogens is 432 g/mol. The first-order valence-electron chi connectivity index (χ1n) is 11.4. The number of fused-ring (bicyclic) bond motifs is 2. The van der Waals surface area contributed by atoms with E-state index in [-0.39, 0.29) is 11.1 Å². The quantitative estimate of drug-likeness (QED) is 0.376. The van der Waals surface area contributed by atoms with Crippen LogP contribution in [0.3, 0.4) is 0 Å². The van der Waals surface area contributed by atoms with Crippen LogP contribution in [0, 0.1) is 0 Å². The van der Waals surface area contributed by atoms with Crippen molar-refractivity contribution in [1.82, 2.24) is 4.58 Å². The van der Waals surface area contributed by atoms with Crippen LogP contribution in [-0.2, 0) is 0 Å². The standard InChI is InChI=1S/C27H22N2O5/c30-26(31)16-3-6-19(27(32)33)22(13-16)25-20-7-4-17(28-9-1-10-28)14-23(20)34-24-15-18(5-8-21(24)25)29-11-2-12-29/h3-8,13-15H,1-2,9-12H2,(H-,30,31,32,33). The topological polar surface area (TPSA) is 96.8 Å². The molecule has 7 nitrogen and oxygen atoms in total. The Bertz CT molecular complexity index is 1520. The number of nitrogens with zero attached hydrogens (tertiary/aromatic N) is 2. The summed E-state index contributed by atoms with van der Waals surface area (Å²) in [7, 11) is 0. The third kappa shape index (κ3) is 3.23. The van der Waals surface area contributed by atoms with E-state index in [4.69, 9.17) is 4.42 Å². The molecule has 0 aromatic heterocycles. The molecule has 7 heteroatoms. The van der Waals surface area contributed by atoms with E-state index >= 15 is 0 Å². The van der Waals surface area contributed by atoms with Crippen molar-refractivity contribution in [3.05, 3.63) is 71.1 Å². The number of carbonyl (C=O) groups excluding carboxylic acids is 1. The fraction of sp³-hybridized carbons (Fsp3) is 0.222. The van der Waals surface area contributed by atoms with Crippen LogP contribution in [0.2, 0.25) is 0 Å². The van der Waals surface area contributed by atoms with Crippen molar-refractivity contribution in [2.24, 2.45) is 0 Å². The van der Waals surface area contributed by atoms with E-state index in [0.29, 0.717) is 22.5 Å². The summed E-state index contributed by atoms with van der Waals surface area (Å²) in [5, 5.41) is 23.3. The molecule has 0 atom stereocenters. The van der Waals surface area contributed by atoms with E-state index in [2.05, 4.69) is 9.48 Å². The van der Waals surface area contributed by atoms with Crippen LogP contribution in [0.1, 0.15) is 33.6 Å². The van der Waals surface area contributed by atoms with Crippen LogP contribution in [0.4, 0.5) is 5.69 Å². The molecule has 0 radical (unpaired) electrons. The van der Waals surface area contributed by atoms with Gasteiger partial charge in [0.2, 0.25) is 5.36 Å². The van der Waals surface area contributed by atoms with Crippen molar-refractivity contribution < 1.29 is 24.2 Å². The lowest BCUT2D eigenvalue weighted by Gasteiger charge is -2.33. The Hall–Kier alpha value is -4.13. The molecule has 0 spiro atoms. The SMILES string of the molecule is O=C([O-])c1ccc(C(=O)O)c(-c2c3ccc(=[N+]4CCC4)cc-3oc3cc(N4CCC4)ccc23)c1. The molecule has 2 aromatic rings. The maximum Gasteiger partial charge on any atom is 0.336 e. The number of benzene rings is 3. The molecule has 1 aliphatic carbocycles. The van der Waals surface area contributed by atoms with Gasteiger partial charge in [0.1, 0.15) is 24.4 Å². The second kappa shape index (κ2) is 7.73. The molecule has 0 amide bonds. The summed E-state index contributed by atoms with van der Waals surface area (Å²) in [6, 6.07) is 15.8. The van der Waals surface area contributed by atoms with Gasteiger partial charge in [-0.05, 0) is 47.9 Å². The lowest BCUT2D eigenvalue weighted by Crippen LogP contribution is -2.40. The summed E-state index contributed by atoms with van der Waals surface area (Å²) < 4.78 is 8.63. The smallest absolute Gasteiger partial charge is 0.336 e. The van der Waals surface area contributed by atoms with Gasteiger partial charge >= 0.3 is 5.97 Å². The van der Waals surface area contributed by atoms with Crippen molar-refractivity contribution in [2.75, 3.05) is 31.1 Å². The van der Waals surface area contributed by atoms with Crippen molar-refractivity contribution in [3.8, 4) is 22.5 Å². The zero-order valence-electron chi connectivity index (χ0n) is 18.4. The summed E-state index contributed by atoms with van der Waals surface area (Å²) in [6.07, 6.45) is 2.30. The number of hydrogen-bond acceptors (Lipinski definition) is 5. The average molecular weight is 454 g/mol. The molecule has 2 aromatic carbocycles. The molecule has 2 fully saturated rings. The number of carboxylic acid groups (broad SMARTS) is 2. The average Bonchev–Trinajstić information content (AvgIpc) is 2.74. The summed E-state index contributed by atoms with van der Waals surface area (Å²) >= 11 is 0. The van der Waals surface area contributed by atoms with E-state index in [1.165, 1.54) is 18.2 Å². The van der Waals surface area contributed by atoms with Crippen LogP contribution in [0.15, 0.2) is 59.0 Å². The predicted molar refractivity (Wildman–Crippen MR) is 126 cm³/mol. The Labute approximate surface area is 195 Å². The molecule has 1 N–H and O–H groups in total. The number of aromatic carboxylic acids is 2. The summed E-state index contributed by atoms with van der Waals surface area (Å²) in [5.41, 5.74) is 3.33. The second-order valence-corrected chi connectivity index (χ2v) is 8.87. The van der Waals surface area contributed by atoms with Gasteiger partial charge < -0.3 is 24.3 Å². The van der Waals surface area contributed by atoms with Gasteiger partial charge in [-0.25, -0.2) is 9.37 Å². The molecule has 0 unspecified atom stereocenters. The minimum atomic E-state index is -1.35. The minimum Gasteiger partial charge on any atom is -0.545 e. The largest absolute Gasteiger partial charge is 0.545 e. The number of rotatable bonds is 4. The fourth-order valence-corrected chi connectivity index (χ4v) is 4.76. The van der Waals surface area contributed by atoms with Crippen LogP contribution in [0.5, 0.6) is 0 Å². The molecular formula is C27H22N2O5. The molecule has 0 bridgehead atoms. The maximum atomic E-state index is 12.1. The number of carbonyl (C=O) groups is 2. The molecule has 34 heavy (non-hydrogen) atoms. The van der Waals surface area contributed by atoms with E-state index in [1.807, 2.05) is 36.4 Å². The summed E-state index contributed by atoms with van der Waals surface area (Å²) in [5.74, 6) is -1.85. The van der Waals surface area contributed by atoms with Gasteiger partial charge in [0.25, 0.3) is 0 Å². The first kappa shape index (κ1) is 20.5. The summed E-state index contributed by atoms with van der Waals surface area (Å²) in [6.45, 7) is 3.95. The predicted octanol–water partition coefficient (Wildman–Crippen LogP) is 2.65. The molecule has 170 valence electrons. The highest BCUT2D eigenvalue weighted by Crippen LogP contribution is 2.42. The zero-order chi connectivity index (χ0) is 23.4. The Morgan fingerprint density at radius 1 is 0.941 bits per heavy atom. The van der Waals surface area contributed by atoms with Crippen LogP contribution < -0.4 is 19.9 Å². The molecule has 2 saturated heterocycles. The number of hydrogen-bond donors (Lipinski definition) is 1. The van der Waals surface area contributed by atoms with Gasteiger partial charge in [0, 0.05) is 47.4 Å². The second-order valence-electron chi connectivity index (χ2n) is 8.87. The molecule has 6 rings (SSSR count). The van der Waals surface area contributed by atoms with Gasteiger partial charge in [-0.2, -0.15) is 0 Å². The first-order chi connectivity index (χ1) is 16.5. The lowest BCUT2D eigenvalue weighted by molar-refractivity contribution is -0.255. The number of anilines is 1. The minimum absolute atomic E-state index is 0.0254. The van der Waals surface area contributed by atoms with Crippen molar-refractivity contribution in [2.45, 2.75) is 12.8 Å². The van der Waals surface area contributed by atoms with Gasteiger partial charge in [-0.3, -0.25) is 0 Å². The Morgan fingerprint density at radius 3 is 2.41 bits per heavy atom. The number of carboxylic acids is 2. The van der Waals surface area contributed by atoms with Crippen LogP contribution in [0.25, 0.3) is 33.4 Å². The molecule has 3 aliphatic heterocycles.